The van der Waals surface area contributed by atoms with E-state index in [1.54, 1.807) is 6.20 Å². The minimum Gasteiger partial charge on any atom is -0.306 e. The third-order valence-electron chi connectivity index (χ3n) is 3.72. The van der Waals surface area contributed by atoms with E-state index in [2.05, 4.69) is 20.2 Å². The number of rotatable bonds is 3. The van der Waals surface area contributed by atoms with Crippen LogP contribution in [0.4, 0.5) is 0 Å². The molecule has 0 aliphatic heterocycles. The van der Waals surface area contributed by atoms with Crippen LogP contribution in [0, 0.1) is 6.92 Å². The number of H-pyrrole nitrogens is 1. The van der Waals surface area contributed by atoms with Crippen LogP contribution in [0.25, 0.3) is 28.2 Å². The highest BCUT2D eigenvalue weighted by Gasteiger charge is 2.18. The predicted octanol–water partition coefficient (Wildman–Crippen LogP) is 2.91. The zero-order chi connectivity index (χ0) is 15.8. The quantitative estimate of drug-likeness (QED) is 0.590. The van der Waals surface area contributed by atoms with E-state index in [0.717, 1.165) is 34.4 Å². The van der Waals surface area contributed by atoms with Crippen molar-refractivity contribution < 1.29 is 4.79 Å². The molecule has 112 valence electrons. The number of carbonyl (C=O) groups is 1. The van der Waals surface area contributed by atoms with E-state index in [9.17, 15) is 4.79 Å². The van der Waals surface area contributed by atoms with Gasteiger partial charge in [-0.3, -0.25) is 14.9 Å². The number of hydrogen-bond acceptors (Lipinski definition) is 4. The number of aromatic nitrogens is 5. The number of hydrogen-bond donors (Lipinski definition) is 1. The van der Waals surface area contributed by atoms with Crippen molar-refractivity contribution in [3.05, 3.63) is 60.3 Å². The Morgan fingerprint density at radius 3 is 2.96 bits per heavy atom. The van der Waals surface area contributed by atoms with Gasteiger partial charge in [0, 0.05) is 35.4 Å². The second-order valence-electron chi connectivity index (χ2n) is 5.25. The lowest BCUT2D eigenvalue weighted by molar-refractivity contribution is 0.111. The van der Waals surface area contributed by atoms with Gasteiger partial charge >= 0.3 is 0 Å². The fourth-order valence-corrected chi connectivity index (χ4v) is 2.66. The molecule has 4 rings (SSSR count). The van der Waals surface area contributed by atoms with Crippen molar-refractivity contribution in [1.82, 2.24) is 24.6 Å². The molecule has 0 spiro atoms. The van der Waals surface area contributed by atoms with Crippen molar-refractivity contribution in [1.29, 1.82) is 0 Å². The van der Waals surface area contributed by atoms with Crippen LogP contribution in [-0.4, -0.2) is 30.9 Å². The Kier molecular flexibility index (Phi) is 3.01. The predicted molar refractivity (Wildman–Crippen MR) is 86.1 cm³/mol. The molecule has 0 bridgehead atoms. The van der Waals surface area contributed by atoms with E-state index in [-0.39, 0.29) is 0 Å². The van der Waals surface area contributed by atoms with Crippen molar-refractivity contribution >= 4 is 11.9 Å². The molecule has 0 fully saturated rings. The van der Waals surface area contributed by atoms with Crippen LogP contribution in [0.1, 0.15) is 16.2 Å². The molecule has 0 aromatic carbocycles. The van der Waals surface area contributed by atoms with E-state index in [1.165, 1.54) is 0 Å². The van der Waals surface area contributed by atoms with E-state index in [0.29, 0.717) is 11.4 Å². The van der Waals surface area contributed by atoms with E-state index >= 15 is 0 Å². The van der Waals surface area contributed by atoms with Crippen LogP contribution in [0.15, 0.2) is 48.9 Å². The molecular formula is C17H13N5O. The number of aldehydes is 1. The highest BCUT2D eigenvalue weighted by molar-refractivity contribution is 5.92. The van der Waals surface area contributed by atoms with Gasteiger partial charge in [0.1, 0.15) is 17.0 Å². The summed E-state index contributed by atoms with van der Waals surface area (Å²) >= 11 is 0. The SMILES string of the molecule is Cc1cccc(-c2n[nH]c(C=O)c2-c2ccc3nccn3c2)n1. The van der Waals surface area contributed by atoms with Crippen LogP contribution in [-0.2, 0) is 0 Å². The van der Waals surface area contributed by atoms with Crippen molar-refractivity contribution in [2.75, 3.05) is 0 Å². The smallest absolute Gasteiger partial charge is 0.168 e. The molecule has 6 heteroatoms. The summed E-state index contributed by atoms with van der Waals surface area (Å²) in [7, 11) is 0. The molecular weight excluding hydrogens is 290 g/mol. The van der Waals surface area contributed by atoms with Gasteiger partial charge in [0.15, 0.2) is 6.29 Å². The molecule has 0 atom stereocenters. The number of nitrogens with one attached hydrogen (secondary N) is 1. The average Bonchev–Trinajstić information content (AvgIpc) is 3.20. The largest absolute Gasteiger partial charge is 0.306 e. The first-order valence-corrected chi connectivity index (χ1v) is 7.17. The van der Waals surface area contributed by atoms with E-state index < -0.39 is 0 Å². The Labute approximate surface area is 131 Å². The van der Waals surface area contributed by atoms with Gasteiger partial charge in [-0.1, -0.05) is 6.07 Å². The first-order chi connectivity index (χ1) is 11.3. The number of aromatic amines is 1. The van der Waals surface area contributed by atoms with Crippen LogP contribution in [0.2, 0.25) is 0 Å². The van der Waals surface area contributed by atoms with Crippen molar-refractivity contribution in [2.24, 2.45) is 0 Å². The summed E-state index contributed by atoms with van der Waals surface area (Å²) in [5, 5.41) is 7.10. The van der Waals surface area contributed by atoms with Crippen molar-refractivity contribution in [3.8, 4) is 22.5 Å². The first-order valence-electron chi connectivity index (χ1n) is 7.17. The molecule has 0 unspecified atom stereocenters. The van der Waals surface area contributed by atoms with Gasteiger partial charge in [-0.05, 0) is 31.2 Å². The van der Waals surface area contributed by atoms with Crippen LogP contribution in [0.5, 0.6) is 0 Å². The van der Waals surface area contributed by atoms with Gasteiger partial charge in [0.05, 0.1) is 5.69 Å². The number of pyridine rings is 2. The second kappa shape index (κ2) is 5.17. The van der Waals surface area contributed by atoms with Gasteiger partial charge in [-0.25, -0.2) is 4.98 Å². The molecule has 0 saturated heterocycles. The maximum Gasteiger partial charge on any atom is 0.168 e. The second-order valence-corrected chi connectivity index (χ2v) is 5.25. The highest BCUT2D eigenvalue weighted by atomic mass is 16.1. The number of carbonyl (C=O) groups excluding carboxylic acids is 1. The fourth-order valence-electron chi connectivity index (χ4n) is 2.66. The van der Waals surface area contributed by atoms with E-state index in [1.807, 2.05) is 54.0 Å². The fraction of sp³-hybridized carbons (Fsp3) is 0.0588. The molecule has 0 aliphatic rings. The summed E-state index contributed by atoms with van der Waals surface area (Å²) in [6.45, 7) is 1.92. The Morgan fingerprint density at radius 1 is 1.22 bits per heavy atom. The Balaban J connectivity index is 1.96. The molecule has 4 aromatic heterocycles. The summed E-state index contributed by atoms with van der Waals surface area (Å²) in [6, 6.07) is 9.57. The van der Waals surface area contributed by atoms with Crippen LogP contribution in [0.3, 0.4) is 0 Å². The van der Waals surface area contributed by atoms with Crippen LogP contribution >= 0.6 is 0 Å². The Morgan fingerprint density at radius 2 is 2.13 bits per heavy atom. The summed E-state index contributed by atoms with van der Waals surface area (Å²) in [6.07, 6.45) is 6.31. The highest BCUT2D eigenvalue weighted by Crippen LogP contribution is 2.31. The van der Waals surface area contributed by atoms with Crippen LogP contribution < -0.4 is 0 Å². The molecule has 23 heavy (non-hydrogen) atoms. The van der Waals surface area contributed by atoms with Gasteiger partial charge in [-0.15, -0.1) is 0 Å². The summed E-state index contributed by atoms with van der Waals surface area (Å²) < 4.78 is 1.91. The van der Waals surface area contributed by atoms with Gasteiger partial charge < -0.3 is 4.40 Å². The molecule has 6 nitrogen and oxygen atoms in total. The number of fused-ring (bicyclic) bond motifs is 1. The summed E-state index contributed by atoms with van der Waals surface area (Å²) in [4.78, 5) is 20.2. The lowest BCUT2D eigenvalue weighted by Crippen LogP contribution is -1.92. The minimum absolute atomic E-state index is 0.433. The van der Waals surface area contributed by atoms with E-state index in [4.69, 9.17) is 0 Å². The molecule has 1 N–H and O–H groups in total. The number of imidazole rings is 1. The average molecular weight is 303 g/mol. The van der Waals surface area contributed by atoms with Gasteiger partial charge in [0.25, 0.3) is 0 Å². The molecule has 0 amide bonds. The van der Waals surface area contributed by atoms with Crippen molar-refractivity contribution in [2.45, 2.75) is 6.92 Å². The molecule has 4 heterocycles. The standard InChI is InChI=1S/C17H13N5O/c1-11-3-2-4-13(19-11)17-16(14(10-23)20-21-17)12-5-6-15-18-7-8-22(15)9-12/h2-10H,1H3,(H,20,21). The summed E-state index contributed by atoms with van der Waals surface area (Å²) in [5.74, 6) is 0. The third kappa shape index (κ3) is 2.20. The molecule has 0 aliphatic carbocycles. The maximum atomic E-state index is 11.4. The number of nitrogens with zero attached hydrogens (tertiary/aromatic N) is 4. The maximum absolute atomic E-state index is 11.4. The normalized spacial score (nSPS) is 11.0. The lowest BCUT2D eigenvalue weighted by atomic mass is 10.0. The first kappa shape index (κ1) is 13.4. The minimum atomic E-state index is 0.433. The third-order valence-corrected chi connectivity index (χ3v) is 3.72. The number of aryl methyl sites for hydroxylation is 1. The molecule has 0 radical (unpaired) electrons. The van der Waals surface area contributed by atoms with Crippen molar-refractivity contribution in [3.63, 3.8) is 0 Å². The zero-order valence-electron chi connectivity index (χ0n) is 12.4. The molecule has 4 aromatic rings. The Hall–Kier alpha value is -3.28. The monoisotopic (exact) mass is 303 g/mol. The molecule has 0 saturated carbocycles. The van der Waals surface area contributed by atoms with Gasteiger partial charge in [-0.2, -0.15) is 5.10 Å². The topological polar surface area (TPSA) is 75.9 Å². The lowest BCUT2D eigenvalue weighted by Gasteiger charge is -2.05. The Bertz CT molecular complexity index is 1010. The zero-order valence-corrected chi connectivity index (χ0v) is 12.4. The summed E-state index contributed by atoms with van der Waals surface area (Å²) in [5.41, 5.74) is 5.20. The van der Waals surface area contributed by atoms with Gasteiger partial charge in [0.2, 0.25) is 0 Å².